The van der Waals surface area contributed by atoms with Crippen molar-refractivity contribution in [1.82, 2.24) is 5.43 Å². The minimum absolute atomic E-state index is 0.0605. The molecule has 0 aromatic rings. The number of unbranched alkanes of at least 4 members (excludes halogenated alkanes) is 1. The van der Waals surface area contributed by atoms with E-state index >= 15 is 0 Å². The molecule has 0 aromatic heterocycles. The van der Waals surface area contributed by atoms with Crippen LogP contribution in [0.3, 0.4) is 0 Å². The maximum atomic E-state index is 11.5. The number of nitrogens with zero attached hydrogens (tertiary/aromatic N) is 1. The van der Waals surface area contributed by atoms with Gasteiger partial charge in [0.05, 0.1) is 0 Å². The Kier molecular flexibility index (Phi) is 6.53. The van der Waals surface area contributed by atoms with Crippen LogP contribution in [0.15, 0.2) is 5.10 Å². The van der Waals surface area contributed by atoms with Crippen molar-refractivity contribution in [3.8, 4) is 0 Å². The lowest BCUT2D eigenvalue weighted by Crippen LogP contribution is -2.29. The molecule has 0 radical (unpaired) electrons. The van der Waals surface area contributed by atoms with E-state index in [9.17, 15) is 4.79 Å². The molecule has 0 bridgehead atoms. The molecular weight excluding hydrogens is 236 g/mol. The summed E-state index contributed by atoms with van der Waals surface area (Å²) in [5.41, 5.74) is 4.32. The first-order valence-electron chi connectivity index (χ1n) is 7.83. The number of hydrazone groups is 1. The lowest BCUT2D eigenvalue weighted by atomic mass is 9.69. The predicted octanol–water partition coefficient (Wildman–Crippen LogP) is 4.28. The Bertz CT molecular complexity index is 311. The Morgan fingerprint density at radius 2 is 1.95 bits per heavy atom. The zero-order chi connectivity index (χ0) is 14.3. The highest BCUT2D eigenvalue weighted by Gasteiger charge is 2.30. The van der Waals surface area contributed by atoms with Crippen molar-refractivity contribution in [3.05, 3.63) is 0 Å². The molecule has 0 aliphatic heterocycles. The average Bonchev–Trinajstić information content (AvgIpc) is 2.43. The molecule has 0 aromatic carbocycles. The average molecular weight is 266 g/mol. The normalized spacial score (nSPS) is 20.2. The fraction of sp³-hybridized carbons (Fsp3) is 0.875. The lowest BCUT2D eigenvalue weighted by molar-refractivity contribution is -0.121. The maximum absolute atomic E-state index is 11.5. The summed E-state index contributed by atoms with van der Waals surface area (Å²) in [7, 11) is 0. The third-order valence-corrected chi connectivity index (χ3v) is 4.68. The number of hydrogen-bond donors (Lipinski definition) is 1. The monoisotopic (exact) mass is 266 g/mol. The van der Waals surface area contributed by atoms with E-state index < -0.39 is 0 Å². The molecule has 3 heteroatoms. The molecule has 1 aliphatic rings. The minimum Gasteiger partial charge on any atom is -0.273 e. The van der Waals surface area contributed by atoms with Gasteiger partial charge in [0.1, 0.15) is 0 Å². The SMILES string of the molecule is CCCCC(=O)NN=C1CCC(C(C)(C)CC)CC1. The molecule has 110 valence electrons. The van der Waals surface area contributed by atoms with Crippen molar-refractivity contribution in [2.45, 2.75) is 79.1 Å². The van der Waals surface area contributed by atoms with Gasteiger partial charge in [0.25, 0.3) is 0 Å². The van der Waals surface area contributed by atoms with Gasteiger partial charge in [-0.05, 0) is 43.4 Å². The van der Waals surface area contributed by atoms with E-state index in [1.807, 2.05) is 0 Å². The van der Waals surface area contributed by atoms with Crippen LogP contribution in [-0.4, -0.2) is 11.6 Å². The number of hydrogen-bond acceptors (Lipinski definition) is 2. The molecule has 0 spiro atoms. The summed E-state index contributed by atoms with van der Waals surface area (Å²) in [4.78, 5) is 11.5. The first-order chi connectivity index (χ1) is 8.99. The van der Waals surface area contributed by atoms with Gasteiger partial charge in [-0.1, -0.05) is 40.5 Å². The second-order valence-electron chi connectivity index (χ2n) is 6.43. The van der Waals surface area contributed by atoms with E-state index in [0.717, 1.165) is 31.6 Å². The molecule has 0 saturated heterocycles. The Balaban J connectivity index is 2.35. The number of carbonyl (C=O) groups excluding carboxylic acids is 1. The minimum atomic E-state index is 0.0605. The number of rotatable bonds is 6. The predicted molar refractivity (Wildman–Crippen MR) is 81.1 cm³/mol. The van der Waals surface area contributed by atoms with E-state index in [2.05, 4.69) is 38.2 Å². The molecular formula is C16H30N2O. The Morgan fingerprint density at radius 1 is 1.32 bits per heavy atom. The summed E-state index contributed by atoms with van der Waals surface area (Å²) < 4.78 is 0. The van der Waals surface area contributed by atoms with Crippen molar-refractivity contribution in [2.75, 3.05) is 0 Å². The molecule has 19 heavy (non-hydrogen) atoms. The highest BCUT2D eigenvalue weighted by atomic mass is 16.2. The smallest absolute Gasteiger partial charge is 0.240 e. The van der Waals surface area contributed by atoms with E-state index in [0.29, 0.717) is 11.8 Å². The van der Waals surface area contributed by atoms with Gasteiger partial charge >= 0.3 is 0 Å². The standard InChI is InChI=1S/C16H30N2O/c1-5-7-8-15(19)18-17-14-11-9-13(10-12-14)16(3,4)6-2/h13H,5-12H2,1-4H3,(H,18,19). The molecule has 1 N–H and O–H groups in total. The van der Waals surface area contributed by atoms with Gasteiger partial charge < -0.3 is 0 Å². The fourth-order valence-electron chi connectivity index (χ4n) is 2.67. The zero-order valence-corrected chi connectivity index (χ0v) is 13.1. The van der Waals surface area contributed by atoms with Crippen LogP contribution in [0.25, 0.3) is 0 Å². The van der Waals surface area contributed by atoms with Crippen molar-refractivity contribution in [2.24, 2.45) is 16.4 Å². The molecule has 1 aliphatic carbocycles. The van der Waals surface area contributed by atoms with Gasteiger partial charge in [0.15, 0.2) is 0 Å². The van der Waals surface area contributed by atoms with Gasteiger partial charge in [-0.25, -0.2) is 5.43 Å². The molecule has 3 nitrogen and oxygen atoms in total. The zero-order valence-electron chi connectivity index (χ0n) is 13.1. The quantitative estimate of drug-likeness (QED) is 0.716. The number of nitrogens with one attached hydrogen (secondary N) is 1. The Labute approximate surface area is 118 Å². The van der Waals surface area contributed by atoms with Crippen LogP contribution >= 0.6 is 0 Å². The molecule has 1 fully saturated rings. The van der Waals surface area contributed by atoms with Crippen LogP contribution in [0.2, 0.25) is 0 Å². The Hall–Kier alpha value is -0.860. The summed E-state index contributed by atoms with van der Waals surface area (Å²) in [6, 6.07) is 0. The number of amides is 1. The van der Waals surface area contributed by atoms with E-state index in [1.54, 1.807) is 0 Å². The molecule has 0 heterocycles. The van der Waals surface area contributed by atoms with Crippen molar-refractivity contribution >= 4 is 11.6 Å². The van der Waals surface area contributed by atoms with Crippen LogP contribution in [0.1, 0.15) is 79.1 Å². The van der Waals surface area contributed by atoms with Crippen LogP contribution in [0.5, 0.6) is 0 Å². The van der Waals surface area contributed by atoms with E-state index in [1.165, 1.54) is 25.0 Å². The summed E-state index contributed by atoms with van der Waals surface area (Å²) in [6.45, 7) is 9.10. The third kappa shape index (κ3) is 5.33. The van der Waals surface area contributed by atoms with Gasteiger partial charge in [-0.15, -0.1) is 0 Å². The van der Waals surface area contributed by atoms with Crippen molar-refractivity contribution < 1.29 is 4.79 Å². The van der Waals surface area contributed by atoms with Crippen molar-refractivity contribution in [1.29, 1.82) is 0 Å². The lowest BCUT2D eigenvalue weighted by Gasteiger charge is -2.36. The summed E-state index contributed by atoms with van der Waals surface area (Å²) in [5, 5.41) is 4.30. The van der Waals surface area contributed by atoms with Crippen LogP contribution in [-0.2, 0) is 4.79 Å². The largest absolute Gasteiger partial charge is 0.273 e. The van der Waals surface area contributed by atoms with Gasteiger partial charge in [0.2, 0.25) is 5.91 Å². The summed E-state index contributed by atoms with van der Waals surface area (Å²) in [5.74, 6) is 0.859. The summed E-state index contributed by atoms with van der Waals surface area (Å²) in [6.07, 6.45) is 8.34. The summed E-state index contributed by atoms with van der Waals surface area (Å²) >= 11 is 0. The molecule has 0 atom stereocenters. The first kappa shape index (κ1) is 16.2. The van der Waals surface area contributed by atoms with E-state index in [-0.39, 0.29) is 5.91 Å². The van der Waals surface area contributed by atoms with Crippen LogP contribution in [0.4, 0.5) is 0 Å². The second kappa shape index (κ2) is 7.66. The maximum Gasteiger partial charge on any atom is 0.240 e. The second-order valence-corrected chi connectivity index (χ2v) is 6.43. The molecule has 1 saturated carbocycles. The van der Waals surface area contributed by atoms with Crippen LogP contribution in [0, 0.1) is 11.3 Å². The molecule has 0 unspecified atom stereocenters. The van der Waals surface area contributed by atoms with Gasteiger partial charge in [-0.3, -0.25) is 4.79 Å². The first-order valence-corrected chi connectivity index (χ1v) is 7.83. The molecule has 1 amide bonds. The van der Waals surface area contributed by atoms with Crippen molar-refractivity contribution in [3.63, 3.8) is 0 Å². The third-order valence-electron chi connectivity index (χ3n) is 4.68. The van der Waals surface area contributed by atoms with E-state index in [4.69, 9.17) is 0 Å². The highest BCUT2D eigenvalue weighted by Crippen LogP contribution is 2.39. The van der Waals surface area contributed by atoms with Gasteiger partial charge in [-0.2, -0.15) is 5.10 Å². The number of carbonyl (C=O) groups is 1. The fourth-order valence-corrected chi connectivity index (χ4v) is 2.67. The highest BCUT2D eigenvalue weighted by molar-refractivity contribution is 5.86. The van der Waals surface area contributed by atoms with Gasteiger partial charge in [0, 0.05) is 12.1 Å². The Morgan fingerprint density at radius 3 is 2.47 bits per heavy atom. The molecule has 1 rings (SSSR count). The topological polar surface area (TPSA) is 41.5 Å². The van der Waals surface area contributed by atoms with Crippen LogP contribution < -0.4 is 5.43 Å².